The Balaban J connectivity index is 1.65. The van der Waals surface area contributed by atoms with E-state index in [1.807, 2.05) is 12.2 Å². The van der Waals surface area contributed by atoms with Crippen LogP contribution in [0.25, 0.3) is 0 Å². The summed E-state index contributed by atoms with van der Waals surface area (Å²) in [6.07, 6.45) is 7.82. The highest BCUT2D eigenvalue weighted by Crippen LogP contribution is 2.52. The van der Waals surface area contributed by atoms with Gasteiger partial charge in [-0.05, 0) is 18.3 Å². The Hall–Kier alpha value is -2.44. The first-order chi connectivity index (χ1) is 10.6. The molecule has 0 radical (unpaired) electrons. The number of aromatic nitrogens is 2. The number of allylic oxidation sites excluding steroid dienone is 2. The molecule has 2 heterocycles. The Labute approximate surface area is 126 Å². The molecule has 114 valence electrons. The predicted octanol–water partition coefficient (Wildman–Crippen LogP) is 0.212. The van der Waals surface area contributed by atoms with E-state index < -0.39 is 12.0 Å². The van der Waals surface area contributed by atoms with Crippen LogP contribution < -0.4 is 0 Å². The standard InChI is InChI=1S/C15H15N3O4/c19-13-11-7-1-2-8(3-7)12(11)14(20)18(13)10(15(21)22)4-9-5-16-6-17-9/h1-2,5-8,10-12H,3-4H2,(H,16,17)(H,21,22)/t7-,8+,10-,11+,12+/m0/s1. The molecule has 2 N–H and O–H groups in total. The molecule has 2 bridgehead atoms. The number of hydrogen-bond acceptors (Lipinski definition) is 4. The number of carbonyl (C=O) groups is 3. The van der Waals surface area contributed by atoms with Gasteiger partial charge in [0, 0.05) is 18.3 Å². The van der Waals surface area contributed by atoms with Gasteiger partial charge < -0.3 is 10.1 Å². The maximum absolute atomic E-state index is 12.6. The van der Waals surface area contributed by atoms with Gasteiger partial charge in [-0.2, -0.15) is 0 Å². The van der Waals surface area contributed by atoms with Gasteiger partial charge in [0.15, 0.2) is 0 Å². The summed E-state index contributed by atoms with van der Waals surface area (Å²) in [5.74, 6) is -2.41. The fraction of sp³-hybridized carbons (Fsp3) is 0.467. The third-order valence-corrected chi connectivity index (χ3v) is 5.07. The van der Waals surface area contributed by atoms with Gasteiger partial charge in [0.05, 0.1) is 18.2 Å². The normalized spacial score (nSPS) is 33.5. The van der Waals surface area contributed by atoms with E-state index in [9.17, 15) is 19.5 Å². The van der Waals surface area contributed by atoms with E-state index in [0.717, 1.165) is 11.3 Å². The SMILES string of the molecule is O=C(O)[C@H](Cc1cnc[nH]1)N1C(=O)[C@H]2[C@H](C1=O)[C@H]1C=C[C@@H]2C1. The smallest absolute Gasteiger partial charge is 0.327 e. The summed E-state index contributed by atoms with van der Waals surface area (Å²) in [6, 6.07) is -1.18. The van der Waals surface area contributed by atoms with Gasteiger partial charge in [-0.3, -0.25) is 14.5 Å². The fourth-order valence-corrected chi connectivity index (χ4v) is 4.13. The fourth-order valence-electron chi connectivity index (χ4n) is 4.13. The second-order valence-corrected chi connectivity index (χ2v) is 6.18. The minimum absolute atomic E-state index is 0.0506. The molecule has 1 aliphatic heterocycles. The summed E-state index contributed by atoms with van der Waals surface area (Å²) in [6.45, 7) is 0. The molecule has 1 aromatic heterocycles. The molecular formula is C15H15N3O4. The van der Waals surface area contributed by atoms with Crippen LogP contribution in [0.2, 0.25) is 0 Å². The summed E-state index contributed by atoms with van der Waals surface area (Å²) in [7, 11) is 0. The monoisotopic (exact) mass is 301 g/mol. The number of nitrogens with zero attached hydrogens (tertiary/aromatic N) is 2. The number of aliphatic carboxylic acids is 1. The Kier molecular flexibility index (Phi) is 2.72. The van der Waals surface area contributed by atoms with Gasteiger partial charge in [0.2, 0.25) is 11.8 Å². The highest BCUT2D eigenvalue weighted by atomic mass is 16.4. The molecule has 22 heavy (non-hydrogen) atoms. The highest BCUT2D eigenvalue weighted by Gasteiger charge is 2.61. The number of carboxylic acid groups (broad SMARTS) is 1. The summed E-state index contributed by atoms with van der Waals surface area (Å²) < 4.78 is 0. The molecule has 0 unspecified atom stereocenters. The number of imide groups is 1. The summed E-state index contributed by atoms with van der Waals surface area (Å²) in [4.78, 5) is 44.5. The van der Waals surface area contributed by atoms with Crippen LogP contribution in [0.1, 0.15) is 12.1 Å². The van der Waals surface area contributed by atoms with Crippen LogP contribution in [-0.4, -0.2) is 43.8 Å². The summed E-state index contributed by atoms with van der Waals surface area (Å²) in [5, 5.41) is 9.48. The second kappa shape index (κ2) is 4.53. The number of carbonyl (C=O) groups excluding carboxylic acids is 2. The van der Waals surface area contributed by atoms with Crippen molar-refractivity contribution >= 4 is 17.8 Å². The number of fused-ring (bicyclic) bond motifs is 5. The van der Waals surface area contributed by atoms with Gasteiger partial charge in [-0.25, -0.2) is 9.78 Å². The van der Waals surface area contributed by atoms with E-state index in [0.29, 0.717) is 5.69 Å². The maximum Gasteiger partial charge on any atom is 0.327 e. The quantitative estimate of drug-likeness (QED) is 0.611. The van der Waals surface area contributed by atoms with Crippen molar-refractivity contribution in [3.8, 4) is 0 Å². The number of likely N-dealkylation sites (tertiary alicyclic amines) is 1. The van der Waals surface area contributed by atoms with Gasteiger partial charge in [-0.1, -0.05) is 12.2 Å². The zero-order chi connectivity index (χ0) is 15.4. The van der Waals surface area contributed by atoms with Crippen LogP contribution in [0.4, 0.5) is 0 Å². The molecule has 1 saturated heterocycles. The first-order valence-electron chi connectivity index (χ1n) is 7.33. The number of amides is 2. The molecule has 7 heteroatoms. The largest absolute Gasteiger partial charge is 0.480 e. The zero-order valence-corrected chi connectivity index (χ0v) is 11.7. The van der Waals surface area contributed by atoms with Gasteiger partial charge in [0.25, 0.3) is 0 Å². The van der Waals surface area contributed by atoms with Crippen LogP contribution in [0, 0.1) is 23.7 Å². The molecule has 7 nitrogen and oxygen atoms in total. The average Bonchev–Trinajstić information content (AvgIpc) is 3.23. The molecule has 4 rings (SSSR count). The first-order valence-corrected chi connectivity index (χ1v) is 7.33. The minimum atomic E-state index is -1.18. The first kappa shape index (κ1) is 13.2. The van der Waals surface area contributed by atoms with Crippen molar-refractivity contribution in [1.82, 2.24) is 14.9 Å². The van der Waals surface area contributed by atoms with Crippen LogP contribution in [-0.2, 0) is 20.8 Å². The number of aromatic amines is 1. The number of H-pyrrole nitrogens is 1. The van der Waals surface area contributed by atoms with E-state index in [4.69, 9.17) is 0 Å². The zero-order valence-electron chi connectivity index (χ0n) is 11.7. The molecule has 1 saturated carbocycles. The number of carboxylic acids is 1. The molecule has 1 aromatic rings. The van der Waals surface area contributed by atoms with E-state index in [2.05, 4.69) is 9.97 Å². The van der Waals surface area contributed by atoms with Crippen molar-refractivity contribution in [2.24, 2.45) is 23.7 Å². The van der Waals surface area contributed by atoms with Crippen molar-refractivity contribution < 1.29 is 19.5 Å². The van der Waals surface area contributed by atoms with E-state index in [1.165, 1.54) is 12.5 Å². The summed E-state index contributed by atoms with van der Waals surface area (Å²) >= 11 is 0. The van der Waals surface area contributed by atoms with Crippen LogP contribution in [0.15, 0.2) is 24.7 Å². The number of nitrogens with one attached hydrogen (secondary N) is 1. The molecule has 0 aromatic carbocycles. The van der Waals surface area contributed by atoms with Crippen molar-refractivity contribution in [2.45, 2.75) is 18.9 Å². The Bertz CT molecular complexity index is 651. The lowest BCUT2D eigenvalue weighted by atomic mass is 9.85. The molecule has 3 aliphatic rings. The van der Waals surface area contributed by atoms with Crippen molar-refractivity contribution in [3.05, 3.63) is 30.4 Å². The molecule has 0 spiro atoms. The lowest BCUT2D eigenvalue weighted by molar-refractivity contribution is -0.155. The van der Waals surface area contributed by atoms with Gasteiger partial charge in [-0.15, -0.1) is 0 Å². The maximum atomic E-state index is 12.6. The van der Waals surface area contributed by atoms with Crippen molar-refractivity contribution in [2.75, 3.05) is 0 Å². The highest BCUT2D eigenvalue weighted by molar-refractivity contribution is 6.08. The molecular weight excluding hydrogens is 286 g/mol. The summed E-state index contributed by atoms with van der Waals surface area (Å²) in [5.41, 5.74) is 0.589. The van der Waals surface area contributed by atoms with Crippen LogP contribution in [0.3, 0.4) is 0 Å². The van der Waals surface area contributed by atoms with Crippen LogP contribution >= 0.6 is 0 Å². The average molecular weight is 301 g/mol. The Morgan fingerprint density at radius 1 is 1.32 bits per heavy atom. The molecule has 2 aliphatic carbocycles. The van der Waals surface area contributed by atoms with E-state index in [-0.39, 0.29) is 41.9 Å². The van der Waals surface area contributed by atoms with E-state index >= 15 is 0 Å². The Morgan fingerprint density at radius 3 is 2.45 bits per heavy atom. The Morgan fingerprint density at radius 2 is 1.95 bits per heavy atom. The lowest BCUT2D eigenvalue weighted by Crippen LogP contribution is -2.47. The molecule has 2 fully saturated rings. The number of imidazole rings is 1. The van der Waals surface area contributed by atoms with Crippen molar-refractivity contribution in [3.63, 3.8) is 0 Å². The molecule has 5 atom stereocenters. The number of rotatable bonds is 4. The third kappa shape index (κ3) is 1.68. The van der Waals surface area contributed by atoms with Crippen LogP contribution in [0.5, 0.6) is 0 Å². The predicted molar refractivity (Wildman–Crippen MR) is 73.3 cm³/mol. The topological polar surface area (TPSA) is 103 Å². The second-order valence-electron chi connectivity index (χ2n) is 6.18. The third-order valence-electron chi connectivity index (χ3n) is 5.07. The van der Waals surface area contributed by atoms with Gasteiger partial charge >= 0.3 is 5.97 Å². The van der Waals surface area contributed by atoms with Crippen molar-refractivity contribution in [1.29, 1.82) is 0 Å². The van der Waals surface area contributed by atoms with Gasteiger partial charge in [0.1, 0.15) is 6.04 Å². The molecule has 2 amide bonds. The lowest BCUT2D eigenvalue weighted by Gasteiger charge is -2.24. The minimum Gasteiger partial charge on any atom is -0.480 e. The number of hydrogen-bond donors (Lipinski definition) is 2. The van der Waals surface area contributed by atoms with E-state index in [1.54, 1.807) is 0 Å².